The number of nitrogens with two attached hydrogens (primary N) is 1. The minimum Gasteiger partial charge on any atom is -0.395 e. The molecule has 16 heteroatoms. The van der Waals surface area contributed by atoms with E-state index in [9.17, 15) is 28.8 Å². The van der Waals surface area contributed by atoms with Gasteiger partial charge < -0.3 is 30.0 Å². The first-order valence-electron chi connectivity index (χ1n) is 12.9. The fourth-order valence-electron chi connectivity index (χ4n) is 2.38. The number of carbonyl (C=O) groups excluding carboxylic acids is 4. The molecule has 0 fully saturated rings. The van der Waals surface area contributed by atoms with Crippen molar-refractivity contribution in [3.8, 4) is 0 Å². The van der Waals surface area contributed by atoms with Crippen molar-refractivity contribution in [1.82, 2.24) is 15.3 Å². The van der Waals surface area contributed by atoms with Crippen LogP contribution in [0.4, 0.5) is 0 Å². The van der Waals surface area contributed by atoms with Crippen LogP contribution >= 0.6 is 19.5 Å². The van der Waals surface area contributed by atoms with Crippen LogP contribution in [-0.4, -0.2) is 111 Å². The van der Waals surface area contributed by atoms with Gasteiger partial charge in [-0.25, -0.2) is 9.65 Å². The number of hydrogen-bond donors (Lipinski definition) is 4. The Kier molecular flexibility index (Phi) is 22.2. The summed E-state index contributed by atoms with van der Waals surface area (Å²) in [6, 6.07) is -0.845. The molecule has 0 saturated carbocycles. The normalized spacial score (nSPS) is 15.3. The second kappa shape index (κ2) is 21.9. The number of hydrogen-bond acceptors (Lipinski definition) is 13. The smallest absolute Gasteiger partial charge is 0.395 e. The van der Waals surface area contributed by atoms with E-state index in [-0.39, 0.29) is 43.6 Å². The van der Waals surface area contributed by atoms with Crippen molar-refractivity contribution in [3.63, 3.8) is 0 Å². The van der Waals surface area contributed by atoms with Gasteiger partial charge in [-0.3, -0.25) is 28.7 Å². The topological polar surface area (TPSA) is 196 Å². The predicted octanol–water partition coefficient (Wildman–Crippen LogP) is 1.08. The Balaban J connectivity index is 0. The Labute approximate surface area is 248 Å². The third-order valence-corrected chi connectivity index (χ3v) is 8.37. The van der Waals surface area contributed by atoms with Crippen molar-refractivity contribution >= 4 is 43.2 Å². The van der Waals surface area contributed by atoms with Gasteiger partial charge in [0.2, 0.25) is 6.41 Å². The fourth-order valence-corrected chi connectivity index (χ4v) is 4.83. The number of nitrogens with zero attached hydrogens (tertiary/aromatic N) is 1. The lowest BCUT2D eigenvalue weighted by molar-refractivity contribution is -0.122. The molecule has 0 aliphatic carbocycles. The molecule has 0 aromatic carbocycles. The first kappa shape index (κ1) is 41.5. The SMILES string of the molecule is COC(C)C.CO[C@@](CN)(CCN(C)/C=C\C(=O)NC=O)COP(=O)(NC(C)C=O)OCCSC(=O)C(C)(C)CO. The van der Waals surface area contributed by atoms with E-state index in [1.165, 1.54) is 26.3 Å². The van der Waals surface area contributed by atoms with Crippen LogP contribution < -0.4 is 16.1 Å². The van der Waals surface area contributed by atoms with Crippen molar-refractivity contribution in [3.05, 3.63) is 12.3 Å². The molecule has 0 aromatic heterocycles. The zero-order valence-corrected chi connectivity index (χ0v) is 27.1. The van der Waals surface area contributed by atoms with Crippen LogP contribution in [0.25, 0.3) is 0 Å². The average molecular weight is 629 g/mol. The maximum atomic E-state index is 13.3. The molecule has 5 N–H and O–H groups in total. The third kappa shape index (κ3) is 19.2. The molecule has 14 nitrogen and oxygen atoms in total. The molecule has 0 spiro atoms. The van der Waals surface area contributed by atoms with Crippen molar-refractivity contribution in [2.45, 2.75) is 58.8 Å². The minimum atomic E-state index is -4.01. The number of thioether (sulfide) groups is 1. The highest BCUT2D eigenvalue weighted by molar-refractivity contribution is 8.13. The number of nitrogens with one attached hydrogen (secondary N) is 2. The first-order valence-corrected chi connectivity index (χ1v) is 15.4. The molecule has 0 aliphatic heterocycles. The second-order valence-corrected chi connectivity index (χ2v) is 12.7. The van der Waals surface area contributed by atoms with Crippen LogP contribution in [0.5, 0.6) is 0 Å². The molecular formula is C25H49N4O10PS. The monoisotopic (exact) mass is 628 g/mol. The Morgan fingerprint density at radius 1 is 1.17 bits per heavy atom. The molecule has 0 bridgehead atoms. The summed E-state index contributed by atoms with van der Waals surface area (Å²) in [5.41, 5.74) is 3.92. The summed E-state index contributed by atoms with van der Waals surface area (Å²) in [5, 5.41) is 13.5. The van der Waals surface area contributed by atoms with Crippen LogP contribution in [0, 0.1) is 5.41 Å². The van der Waals surface area contributed by atoms with Gasteiger partial charge in [0.1, 0.15) is 11.9 Å². The lowest BCUT2D eigenvalue weighted by atomic mass is 9.97. The summed E-state index contributed by atoms with van der Waals surface area (Å²) in [6.07, 6.45) is 4.15. The molecule has 0 radical (unpaired) electrons. The van der Waals surface area contributed by atoms with Gasteiger partial charge in [0.25, 0.3) is 5.91 Å². The molecule has 41 heavy (non-hydrogen) atoms. The molecule has 0 aromatic rings. The molecule has 2 amide bonds. The summed E-state index contributed by atoms with van der Waals surface area (Å²) < 4.78 is 34.6. The van der Waals surface area contributed by atoms with Gasteiger partial charge in [-0.15, -0.1) is 0 Å². The van der Waals surface area contributed by atoms with Gasteiger partial charge in [-0.2, -0.15) is 0 Å². The highest BCUT2D eigenvalue weighted by Crippen LogP contribution is 2.45. The second-order valence-electron chi connectivity index (χ2n) is 9.88. The molecule has 3 atom stereocenters. The summed E-state index contributed by atoms with van der Waals surface area (Å²) in [7, 11) is 0.805. The minimum absolute atomic E-state index is 0.00346. The summed E-state index contributed by atoms with van der Waals surface area (Å²) in [5.74, 6) is -0.432. The highest BCUT2D eigenvalue weighted by Gasteiger charge is 2.35. The van der Waals surface area contributed by atoms with Crippen LogP contribution in [0.1, 0.15) is 41.0 Å². The van der Waals surface area contributed by atoms with Gasteiger partial charge in [0.05, 0.1) is 37.4 Å². The van der Waals surface area contributed by atoms with Crippen LogP contribution in [0.15, 0.2) is 12.3 Å². The third-order valence-electron chi connectivity index (χ3n) is 5.47. The average Bonchev–Trinajstić information content (AvgIpc) is 2.94. The van der Waals surface area contributed by atoms with Gasteiger partial charge in [0.15, 0.2) is 5.12 Å². The first-order chi connectivity index (χ1) is 19.1. The Bertz CT molecular complexity index is 856. The Hall–Kier alpha value is -1.68. The lowest BCUT2D eigenvalue weighted by Gasteiger charge is -2.33. The maximum absolute atomic E-state index is 13.3. The summed E-state index contributed by atoms with van der Waals surface area (Å²) in [6.45, 7) is 8.36. The van der Waals surface area contributed by atoms with E-state index in [1.54, 1.807) is 32.9 Å². The number of amides is 2. The molecule has 0 heterocycles. The molecule has 2 unspecified atom stereocenters. The molecule has 0 rings (SSSR count). The molecule has 0 aliphatic rings. The molecule has 240 valence electrons. The van der Waals surface area contributed by atoms with E-state index in [2.05, 4.69) is 5.09 Å². The van der Waals surface area contributed by atoms with E-state index >= 15 is 0 Å². The fraction of sp³-hybridized carbons (Fsp3) is 0.760. The standard InChI is InChI=1S/C21H39N4O9PS.C4H10O/c1-17(12-26)24-35(31,33-10-11-36-19(30)20(2,3)14-27)34-15-21(13-22,32-5)7-9-25(4)8-6-18(29)23-16-28;1-4(2)5-3/h6,8,12,16-17,27H,7,9-11,13-15,22H2,1-5H3,(H,24,31)(H,23,28,29);4H,1-3H3/b8-6-;/t17?,21-,35?;/m1./s1. The Morgan fingerprint density at radius 3 is 2.24 bits per heavy atom. The van der Waals surface area contributed by atoms with E-state index in [0.29, 0.717) is 25.4 Å². The summed E-state index contributed by atoms with van der Waals surface area (Å²) >= 11 is 0.925. The van der Waals surface area contributed by atoms with E-state index < -0.39 is 30.7 Å². The number of methoxy groups -OCH3 is 2. The van der Waals surface area contributed by atoms with Gasteiger partial charge in [0, 0.05) is 52.4 Å². The van der Waals surface area contributed by atoms with E-state index in [4.69, 9.17) is 24.3 Å². The summed E-state index contributed by atoms with van der Waals surface area (Å²) in [4.78, 5) is 46.6. The van der Waals surface area contributed by atoms with Crippen molar-refractivity contribution < 1.29 is 47.4 Å². The molecular weight excluding hydrogens is 579 g/mol. The number of aliphatic hydroxyl groups excluding tert-OH is 1. The van der Waals surface area contributed by atoms with Gasteiger partial charge in [-0.1, -0.05) is 11.8 Å². The number of rotatable bonds is 21. The maximum Gasteiger partial charge on any atom is 0.406 e. The zero-order valence-electron chi connectivity index (χ0n) is 25.4. The van der Waals surface area contributed by atoms with Crippen molar-refractivity contribution in [2.24, 2.45) is 11.1 Å². The quantitative estimate of drug-likeness (QED) is 0.0610. The number of imide groups is 1. The van der Waals surface area contributed by atoms with Crippen molar-refractivity contribution in [1.29, 1.82) is 0 Å². The number of aliphatic hydroxyl groups is 1. The number of carbonyl (C=O) groups is 4. The van der Waals surface area contributed by atoms with Crippen LogP contribution in [0.3, 0.4) is 0 Å². The largest absolute Gasteiger partial charge is 0.406 e. The Morgan fingerprint density at radius 2 is 1.78 bits per heavy atom. The lowest BCUT2D eigenvalue weighted by Crippen LogP contribution is -2.46. The highest BCUT2D eigenvalue weighted by atomic mass is 32.2. The van der Waals surface area contributed by atoms with Crippen molar-refractivity contribution in [2.75, 3.05) is 59.9 Å². The number of aldehydes is 1. The van der Waals surface area contributed by atoms with Crippen LogP contribution in [-0.2, 0) is 42.3 Å². The van der Waals surface area contributed by atoms with Crippen LogP contribution in [0.2, 0.25) is 0 Å². The van der Waals surface area contributed by atoms with E-state index in [0.717, 1.165) is 11.8 Å². The predicted molar refractivity (Wildman–Crippen MR) is 158 cm³/mol. The number of ether oxygens (including phenoxy) is 2. The van der Waals surface area contributed by atoms with Gasteiger partial charge >= 0.3 is 7.75 Å². The molecule has 0 saturated heterocycles. The van der Waals surface area contributed by atoms with Gasteiger partial charge in [-0.05, 0) is 41.0 Å². The van der Waals surface area contributed by atoms with E-state index in [1.807, 2.05) is 19.2 Å². The zero-order chi connectivity index (χ0) is 32.1.